The number of benzene rings is 1. The molecule has 1 heterocycles. The number of carboxylic acid groups (broad SMARTS) is 1. The van der Waals surface area contributed by atoms with Crippen molar-refractivity contribution in [2.75, 3.05) is 19.4 Å². The van der Waals surface area contributed by atoms with E-state index in [0.717, 1.165) is 4.90 Å². The summed E-state index contributed by atoms with van der Waals surface area (Å²) in [5.74, 6) is -0.521. The van der Waals surface area contributed by atoms with Crippen molar-refractivity contribution in [1.29, 1.82) is 0 Å². The number of methoxy groups -OCH3 is 1. The van der Waals surface area contributed by atoms with Crippen LogP contribution in [0.2, 0.25) is 5.02 Å². The largest absolute Gasteiger partial charge is 0.480 e. The summed E-state index contributed by atoms with van der Waals surface area (Å²) in [6.07, 6.45) is 0.448. The summed E-state index contributed by atoms with van der Waals surface area (Å²) in [7, 11) is 1.54. The Morgan fingerprint density at radius 2 is 2.09 bits per heavy atom. The van der Waals surface area contributed by atoms with Gasteiger partial charge in [-0.05, 0) is 24.3 Å². The van der Waals surface area contributed by atoms with Gasteiger partial charge in [0.05, 0.1) is 6.10 Å². The topological polar surface area (TPSA) is 66.8 Å². The maximum absolute atomic E-state index is 12.2. The molecule has 0 aromatic heterocycles. The summed E-state index contributed by atoms with van der Waals surface area (Å²) in [5, 5.41) is 9.88. The van der Waals surface area contributed by atoms with E-state index in [1.165, 1.54) is 12.0 Å². The number of hydrogen-bond acceptors (Lipinski definition) is 4. The van der Waals surface area contributed by atoms with Gasteiger partial charge in [0.2, 0.25) is 5.91 Å². The molecule has 0 bridgehead atoms. The minimum absolute atomic E-state index is 0.145. The van der Waals surface area contributed by atoms with E-state index >= 15 is 0 Å². The summed E-state index contributed by atoms with van der Waals surface area (Å²) in [5.41, 5.74) is 0. The molecule has 2 unspecified atom stereocenters. The summed E-state index contributed by atoms with van der Waals surface area (Å²) >= 11 is 7.37. The Hall–Kier alpha value is -1.24. The lowest BCUT2D eigenvalue weighted by atomic mass is 10.2. The van der Waals surface area contributed by atoms with Crippen LogP contribution in [0.3, 0.4) is 0 Å². The van der Waals surface area contributed by atoms with Gasteiger partial charge in [-0.1, -0.05) is 11.6 Å². The van der Waals surface area contributed by atoms with Gasteiger partial charge in [-0.25, -0.2) is 4.79 Å². The Morgan fingerprint density at radius 3 is 2.68 bits per heavy atom. The molecular weight excluding hydrogens is 326 g/mol. The molecule has 2 atom stereocenters. The van der Waals surface area contributed by atoms with Crippen LogP contribution in [-0.2, 0) is 14.3 Å². The highest BCUT2D eigenvalue weighted by atomic mass is 35.5. The fourth-order valence-electron chi connectivity index (χ4n) is 2.41. The molecule has 0 aliphatic carbocycles. The van der Waals surface area contributed by atoms with E-state index in [1.807, 2.05) is 12.1 Å². The molecule has 2 rings (SSSR count). The Kier molecular flexibility index (Phi) is 6.11. The van der Waals surface area contributed by atoms with Crippen molar-refractivity contribution in [3.63, 3.8) is 0 Å². The number of aliphatic carboxylic acids is 1. The van der Waals surface area contributed by atoms with Gasteiger partial charge in [-0.3, -0.25) is 4.79 Å². The molecule has 1 aromatic carbocycles. The first-order valence-corrected chi connectivity index (χ1v) is 8.31. The molecule has 120 valence electrons. The first-order valence-electron chi connectivity index (χ1n) is 6.94. The SMILES string of the molecule is COC1CC(C(=O)O)N(C(=O)CCSc2ccc(Cl)cc2)C1. The Balaban J connectivity index is 1.85. The molecule has 1 N–H and O–H groups in total. The summed E-state index contributed by atoms with van der Waals surface area (Å²) in [6, 6.07) is 6.62. The second kappa shape index (κ2) is 7.85. The molecule has 1 amide bonds. The van der Waals surface area contributed by atoms with E-state index in [1.54, 1.807) is 23.9 Å². The normalized spacial score (nSPS) is 21.1. The van der Waals surface area contributed by atoms with E-state index in [4.69, 9.17) is 16.3 Å². The van der Waals surface area contributed by atoms with Crippen LogP contribution in [0.25, 0.3) is 0 Å². The van der Waals surface area contributed by atoms with Gasteiger partial charge in [-0.2, -0.15) is 0 Å². The molecule has 22 heavy (non-hydrogen) atoms. The van der Waals surface area contributed by atoms with Gasteiger partial charge in [0.25, 0.3) is 0 Å². The van der Waals surface area contributed by atoms with E-state index in [2.05, 4.69) is 0 Å². The lowest BCUT2D eigenvalue weighted by molar-refractivity contribution is -0.148. The average Bonchev–Trinajstić information content (AvgIpc) is 2.94. The quantitative estimate of drug-likeness (QED) is 0.804. The van der Waals surface area contributed by atoms with Gasteiger partial charge >= 0.3 is 5.97 Å². The number of hydrogen-bond donors (Lipinski definition) is 1. The van der Waals surface area contributed by atoms with Gasteiger partial charge < -0.3 is 14.7 Å². The highest BCUT2D eigenvalue weighted by Gasteiger charge is 2.39. The predicted molar refractivity (Wildman–Crippen MR) is 85.3 cm³/mol. The van der Waals surface area contributed by atoms with Crippen LogP contribution in [0.15, 0.2) is 29.2 Å². The summed E-state index contributed by atoms with van der Waals surface area (Å²) < 4.78 is 5.18. The minimum Gasteiger partial charge on any atom is -0.480 e. The number of carboxylic acids is 1. The van der Waals surface area contributed by atoms with Crippen molar-refractivity contribution in [2.24, 2.45) is 0 Å². The standard InChI is InChI=1S/C15H18ClNO4S/c1-21-11-8-13(15(19)20)17(9-11)14(18)6-7-22-12-4-2-10(16)3-5-12/h2-5,11,13H,6-9H2,1H3,(H,19,20). The molecule has 0 radical (unpaired) electrons. The van der Waals surface area contributed by atoms with E-state index < -0.39 is 12.0 Å². The number of rotatable bonds is 6. The number of amides is 1. The second-order valence-corrected chi connectivity index (χ2v) is 6.65. The zero-order valence-corrected chi connectivity index (χ0v) is 13.8. The third-order valence-corrected chi connectivity index (χ3v) is 4.87. The van der Waals surface area contributed by atoms with Gasteiger partial charge in [0.1, 0.15) is 6.04 Å². The third-order valence-electron chi connectivity index (χ3n) is 3.60. The number of ether oxygens (including phenoxy) is 1. The number of nitrogens with zero attached hydrogens (tertiary/aromatic N) is 1. The van der Waals surface area contributed by atoms with Crippen LogP contribution in [0, 0.1) is 0 Å². The molecule has 1 aliphatic rings. The van der Waals surface area contributed by atoms with E-state index in [9.17, 15) is 14.7 Å². The first-order chi connectivity index (χ1) is 10.5. The van der Waals surface area contributed by atoms with E-state index in [0.29, 0.717) is 30.2 Å². The number of carbonyl (C=O) groups excluding carboxylic acids is 1. The maximum atomic E-state index is 12.2. The fourth-order valence-corrected chi connectivity index (χ4v) is 3.38. The number of likely N-dealkylation sites (tertiary alicyclic amines) is 1. The lowest BCUT2D eigenvalue weighted by Gasteiger charge is -2.21. The average molecular weight is 344 g/mol. The van der Waals surface area contributed by atoms with Crippen molar-refractivity contribution in [3.8, 4) is 0 Å². The van der Waals surface area contributed by atoms with Crippen molar-refractivity contribution < 1.29 is 19.4 Å². The van der Waals surface area contributed by atoms with Crippen LogP contribution >= 0.6 is 23.4 Å². The Bertz CT molecular complexity index is 537. The molecule has 0 saturated carbocycles. The van der Waals surface area contributed by atoms with Crippen LogP contribution in [-0.4, -0.2) is 53.4 Å². The van der Waals surface area contributed by atoms with Crippen molar-refractivity contribution in [3.05, 3.63) is 29.3 Å². The number of thioether (sulfide) groups is 1. The van der Waals surface area contributed by atoms with Gasteiger partial charge in [0.15, 0.2) is 0 Å². The highest BCUT2D eigenvalue weighted by molar-refractivity contribution is 7.99. The predicted octanol–water partition coefficient (Wildman–Crippen LogP) is 2.52. The van der Waals surface area contributed by atoms with Crippen LogP contribution in [0.4, 0.5) is 0 Å². The van der Waals surface area contributed by atoms with E-state index in [-0.39, 0.29) is 12.0 Å². The smallest absolute Gasteiger partial charge is 0.326 e. The third kappa shape index (κ3) is 4.38. The Labute approximate surface area is 138 Å². The van der Waals surface area contributed by atoms with Crippen LogP contribution < -0.4 is 0 Å². The summed E-state index contributed by atoms with van der Waals surface area (Å²) in [4.78, 5) is 25.9. The zero-order valence-electron chi connectivity index (χ0n) is 12.2. The second-order valence-electron chi connectivity index (χ2n) is 5.05. The van der Waals surface area contributed by atoms with Crippen molar-refractivity contribution >= 4 is 35.2 Å². The molecule has 1 aromatic rings. The Morgan fingerprint density at radius 1 is 1.41 bits per heavy atom. The maximum Gasteiger partial charge on any atom is 0.326 e. The summed E-state index contributed by atoms with van der Waals surface area (Å²) in [6.45, 7) is 0.345. The molecule has 1 aliphatic heterocycles. The first kappa shape index (κ1) is 17.1. The molecule has 0 spiro atoms. The number of carbonyl (C=O) groups is 2. The van der Waals surface area contributed by atoms with Crippen molar-refractivity contribution in [1.82, 2.24) is 4.90 Å². The molecular formula is C15H18ClNO4S. The van der Waals surface area contributed by atoms with Crippen LogP contribution in [0.5, 0.6) is 0 Å². The fraction of sp³-hybridized carbons (Fsp3) is 0.467. The molecule has 7 heteroatoms. The molecule has 5 nitrogen and oxygen atoms in total. The van der Waals surface area contributed by atoms with Gasteiger partial charge in [0, 0.05) is 42.2 Å². The molecule has 1 fully saturated rings. The van der Waals surface area contributed by atoms with Crippen molar-refractivity contribution in [2.45, 2.75) is 29.9 Å². The van der Waals surface area contributed by atoms with Crippen LogP contribution in [0.1, 0.15) is 12.8 Å². The van der Waals surface area contributed by atoms with Gasteiger partial charge in [-0.15, -0.1) is 11.8 Å². The monoisotopic (exact) mass is 343 g/mol. The highest BCUT2D eigenvalue weighted by Crippen LogP contribution is 2.24. The zero-order chi connectivity index (χ0) is 16.1. The number of halogens is 1. The molecule has 1 saturated heterocycles. The minimum atomic E-state index is -0.974. The lowest BCUT2D eigenvalue weighted by Crippen LogP contribution is -2.40.